The molecule has 1 N–H and O–H groups in total. The Hall–Kier alpha value is -4.21. The number of nitrogens with zero attached hydrogens (tertiary/aromatic N) is 4. The monoisotopic (exact) mass is 437 g/mol. The van der Waals surface area contributed by atoms with Crippen molar-refractivity contribution in [3.05, 3.63) is 87.1 Å². The van der Waals surface area contributed by atoms with E-state index in [-0.39, 0.29) is 23.5 Å². The number of carbonyl (C=O) groups excluding carboxylic acids is 1. The van der Waals surface area contributed by atoms with E-state index < -0.39 is 23.7 Å². The fourth-order valence-electron chi connectivity index (χ4n) is 3.25. The number of hydrogen-bond donors (Lipinski definition) is 1. The van der Waals surface area contributed by atoms with Crippen LogP contribution in [-0.4, -0.2) is 24.6 Å². The van der Waals surface area contributed by atoms with Crippen LogP contribution in [0.25, 0.3) is 11.2 Å². The summed E-state index contributed by atoms with van der Waals surface area (Å²) in [6.07, 6.45) is 1.44. The Labute approximate surface area is 181 Å². The highest BCUT2D eigenvalue weighted by Gasteiger charge is 2.16. The molecular formula is C22H20FN5O4. The number of nitrogens with one attached hydrogen (secondary N) is 1. The van der Waals surface area contributed by atoms with Crippen molar-refractivity contribution >= 4 is 17.1 Å². The van der Waals surface area contributed by atoms with Gasteiger partial charge in [0.25, 0.3) is 5.56 Å². The molecule has 32 heavy (non-hydrogen) atoms. The van der Waals surface area contributed by atoms with Gasteiger partial charge in [0.15, 0.2) is 11.2 Å². The van der Waals surface area contributed by atoms with Gasteiger partial charge in [0.05, 0.1) is 6.33 Å². The standard InChI is InChI=1S/C22H20FN5O4/c1-26-13-25-20-19(26)21(30)28(22(31)27(20)2)12-18(29)24-11-14-3-7-16(8-4-14)32-17-9-5-15(23)6-10-17/h3-10,13H,11-12H2,1-2H3,(H,24,29). The zero-order valence-electron chi connectivity index (χ0n) is 17.4. The maximum Gasteiger partial charge on any atom is 0.332 e. The predicted octanol–water partition coefficient (Wildman–Crippen LogP) is 1.68. The molecule has 164 valence electrons. The number of aryl methyl sites for hydroxylation is 2. The summed E-state index contributed by atoms with van der Waals surface area (Å²) >= 11 is 0. The third-order valence-corrected chi connectivity index (χ3v) is 4.97. The van der Waals surface area contributed by atoms with Gasteiger partial charge in [-0.25, -0.2) is 18.7 Å². The lowest BCUT2D eigenvalue weighted by Gasteiger charge is -2.10. The van der Waals surface area contributed by atoms with Crippen LogP contribution in [0.15, 0.2) is 64.4 Å². The summed E-state index contributed by atoms with van der Waals surface area (Å²) in [6, 6.07) is 12.7. The Balaban J connectivity index is 1.41. The Morgan fingerprint density at radius 1 is 1.03 bits per heavy atom. The second-order valence-electron chi connectivity index (χ2n) is 7.24. The lowest BCUT2D eigenvalue weighted by atomic mass is 10.2. The van der Waals surface area contributed by atoms with Gasteiger partial charge in [-0.2, -0.15) is 0 Å². The average Bonchev–Trinajstić information content (AvgIpc) is 3.18. The largest absolute Gasteiger partial charge is 0.457 e. The number of rotatable bonds is 6. The van der Waals surface area contributed by atoms with Gasteiger partial charge in [0, 0.05) is 20.6 Å². The number of aromatic nitrogens is 4. The maximum absolute atomic E-state index is 13.0. The Kier molecular flexibility index (Phi) is 5.59. The Morgan fingerprint density at radius 2 is 1.66 bits per heavy atom. The van der Waals surface area contributed by atoms with E-state index >= 15 is 0 Å². The highest BCUT2D eigenvalue weighted by molar-refractivity contribution is 5.76. The van der Waals surface area contributed by atoms with E-state index in [1.54, 1.807) is 31.3 Å². The van der Waals surface area contributed by atoms with Gasteiger partial charge < -0.3 is 14.6 Å². The number of benzene rings is 2. The van der Waals surface area contributed by atoms with E-state index in [2.05, 4.69) is 10.3 Å². The summed E-state index contributed by atoms with van der Waals surface area (Å²) in [5.41, 5.74) is 0.130. The number of imidazole rings is 1. The quantitative estimate of drug-likeness (QED) is 0.495. The molecule has 0 bridgehead atoms. The topological polar surface area (TPSA) is 100 Å². The van der Waals surface area contributed by atoms with E-state index in [1.807, 2.05) is 0 Å². The predicted molar refractivity (Wildman–Crippen MR) is 115 cm³/mol. The van der Waals surface area contributed by atoms with Crippen molar-refractivity contribution in [1.29, 1.82) is 0 Å². The van der Waals surface area contributed by atoms with Crippen LogP contribution in [0.2, 0.25) is 0 Å². The highest BCUT2D eigenvalue weighted by Crippen LogP contribution is 2.21. The van der Waals surface area contributed by atoms with Gasteiger partial charge in [-0.1, -0.05) is 12.1 Å². The van der Waals surface area contributed by atoms with Crippen molar-refractivity contribution in [1.82, 2.24) is 24.0 Å². The van der Waals surface area contributed by atoms with Crippen LogP contribution in [0.5, 0.6) is 11.5 Å². The number of carbonyl (C=O) groups is 1. The van der Waals surface area contributed by atoms with E-state index in [4.69, 9.17) is 4.74 Å². The van der Waals surface area contributed by atoms with Gasteiger partial charge in [-0.15, -0.1) is 0 Å². The van der Waals surface area contributed by atoms with Crippen molar-refractivity contribution in [3.63, 3.8) is 0 Å². The molecule has 0 radical (unpaired) electrons. The first-order valence-electron chi connectivity index (χ1n) is 9.73. The SMILES string of the molecule is Cn1cnc2c1c(=O)n(CC(=O)NCc1ccc(Oc3ccc(F)cc3)cc1)c(=O)n2C. The van der Waals surface area contributed by atoms with E-state index in [0.717, 1.165) is 10.1 Å². The molecule has 0 atom stereocenters. The van der Waals surface area contributed by atoms with Crippen LogP contribution >= 0.6 is 0 Å². The number of ether oxygens (including phenoxy) is 1. The molecule has 2 heterocycles. The van der Waals surface area contributed by atoms with E-state index in [1.165, 1.54) is 46.8 Å². The fraction of sp³-hybridized carbons (Fsp3) is 0.182. The fourth-order valence-corrected chi connectivity index (χ4v) is 3.25. The molecule has 2 aromatic carbocycles. The summed E-state index contributed by atoms with van der Waals surface area (Å²) < 4.78 is 22.2. The molecule has 0 saturated carbocycles. The number of fused-ring (bicyclic) bond motifs is 1. The van der Waals surface area contributed by atoms with Gasteiger partial charge >= 0.3 is 5.69 Å². The smallest absolute Gasteiger partial charge is 0.332 e. The van der Waals surface area contributed by atoms with Crippen molar-refractivity contribution in [2.24, 2.45) is 14.1 Å². The Bertz CT molecular complexity index is 1400. The number of halogens is 1. The molecule has 0 fully saturated rings. The summed E-state index contributed by atoms with van der Waals surface area (Å²) in [5, 5.41) is 2.70. The number of hydrogen-bond acceptors (Lipinski definition) is 5. The molecular weight excluding hydrogens is 417 g/mol. The van der Waals surface area contributed by atoms with Crippen LogP contribution in [0.4, 0.5) is 4.39 Å². The minimum absolute atomic E-state index is 0.207. The molecule has 0 saturated heterocycles. The molecule has 0 spiro atoms. The molecule has 0 unspecified atom stereocenters. The molecule has 0 aliphatic carbocycles. The zero-order chi connectivity index (χ0) is 22.8. The average molecular weight is 437 g/mol. The minimum atomic E-state index is -0.612. The van der Waals surface area contributed by atoms with Crippen molar-refractivity contribution < 1.29 is 13.9 Å². The first-order chi connectivity index (χ1) is 15.3. The Morgan fingerprint density at radius 3 is 2.31 bits per heavy atom. The third-order valence-electron chi connectivity index (χ3n) is 4.97. The molecule has 4 aromatic rings. The molecule has 0 aliphatic heterocycles. The number of amides is 1. The van der Waals surface area contributed by atoms with Crippen LogP contribution < -0.4 is 21.3 Å². The molecule has 0 aliphatic rings. The first-order valence-corrected chi connectivity index (χ1v) is 9.73. The van der Waals surface area contributed by atoms with Crippen molar-refractivity contribution in [3.8, 4) is 11.5 Å². The minimum Gasteiger partial charge on any atom is -0.457 e. The van der Waals surface area contributed by atoms with Crippen LogP contribution in [0.3, 0.4) is 0 Å². The van der Waals surface area contributed by atoms with Crippen LogP contribution in [0.1, 0.15) is 5.56 Å². The second-order valence-corrected chi connectivity index (χ2v) is 7.24. The van der Waals surface area contributed by atoms with Gasteiger partial charge in [0.1, 0.15) is 23.9 Å². The van der Waals surface area contributed by atoms with Crippen LogP contribution in [-0.2, 0) is 32.0 Å². The van der Waals surface area contributed by atoms with Crippen molar-refractivity contribution in [2.75, 3.05) is 0 Å². The van der Waals surface area contributed by atoms with E-state index in [9.17, 15) is 18.8 Å². The van der Waals surface area contributed by atoms with Crippen LogP contribution in [0, 0.1) is 5.82 Å². The van der Waals surface area contributed by atoms with Gasteiger partial charge in [-0.05, 0) is 42.0 Å². The third kappa shape index (κ3) is 4.15. The van der Waals surface area contributed by atoms with Gasteiger partial charge in [-0.3, -0.25) is 14.2 Å². The van der Waals surface area contributed by atoms with Gasteiger partial charge in [0.2, 0.25) is 5.91 Å². The molecule has 9 nitrogen and oxygen atoms in total. The summed E-state index contributed by atoms with van der Waals surface area (Å²) in [6.45, 7) is -0.197. The summed E-state index contributed by atoms with van der Waals surface area (Å²) in [4.78, 5) is 41.6. The summed E-state index contributed by atoms with van der Waals surface area (Å²) in [7, 11) is 3.15. The summed E-state index contributed by atoms with van der Waals surface area (Å²) in [5.74, 6) is 0.247. The maximum atomic E-state index is 13.0. The second kappa shape index (κ2) is 8.50. The lowest BCUT2D eigenvalue weighted by Crippen LogP contribution is -2.43. The molecule has 2 aromatic heterocycles. The first kappa shape index (κ1) is 21.0. The molecule has 1 amide bonds. The normalized spacial score (nSPS) is 11.0. The zero-order valence-corrected chi connectivity index (χ0v) is 17.4. The van der Waals surface area contributed by atoms with E-state index in [0.29, 0.717) is 11.5 Å². The molecule has 4 rings (SSSR count). The highest BCUT2D eigenvalue weighted by atomic mass is 19.1. The molecule has 10 heteroatoms. The lowest BCUT2D eigenvalue weighted by molar-refractivity contribution is -0.121. The van der Waals surface area contributed by atoms with Crippen molar-refractivity contribution in [2.45, 2.75) is 13.1 Å².